The topological polar surface area (TPSA) is 61.3 Å². The Morgan fingerprint density at radius 3 is 3.06 bits per heavy atom. The highest BCUT2D eigenvalue weighted by Gasteiger charge is 2.06. The molecule has 4 nitrogen and oxygen atoms in total. The second-order valence-electron chi connectivity index (χ2n) is 3.97. The lowest BCUT2D eigenvalue weighted by Gasteiger charge is -2.04. The molecule has 0 spiro atoms. The van der Waals surface area contributed by atoms with Crippen molar-refractivity contribution in [3.05, 3.63) is 18.2 Å². The second-order valence-corrected chi connectivity index (χ2v) is 5.02. The summed E-state index contributed by atoms with van der Waals surface area (Å²) in [6.45, 7) is 4.74. The lowest BCUT2D eigenvalue weighted by molar-refractivity contribution is 0.0919. The molecule has 92 valence electrons. The number of oxazole rings is 1. The summed E-state index contributed by atoms with van der Waals surface area (Å²) in [6.07, 6.45) is 0.263. The van der Waals surface area contributed by atoms with Crippen molar-refractivity contribution in [2.45, 2.75) is 25.2 Å². The summed E-state index contributed by atoms with van der Waals surface area (Å²) in [4.78, 5) is 4.36. The number of anilines is 1. The first-order chi connectivity index (χ1) is 8.15. The first kappa shape index (κ1) is 12.3. The van der Waals surface area contributed by atoms with Gasteiger partial charge in [0, 0.05) is 17.5 Å². The third-order valence-electron chi connectivity index (χ3n) is 2.15. The monoisotopic (exact) mass is 252 g/mol. The maximum atomic E-state index is 5.67. The van der Waals surface area contributed by atoms with Crippen LogP contribution in [0.25, 0.3) is 11.1 Å². The van der Waals surface area contributed by atoms with Crippen LogP contribution in [0.4, 0.5) is 5.69 Å². The molecule has 0 saturated heterocycles. The number of hydrogen-bond acceptors (Lipinski definition) is 5. The molecule has 0 aliphatic carbocycles. The van der Waals surface area contributed by atoms with Gasteiger partial charge in [-0.3, -0.25) is 0 Å². The molecule has 0 bridgehead atoms. The molecule has 0 aliphatic heterocycles. The minimum Gasteiger partial charge on any atom is -0.431 e. The summed E-state index contributed by atoms with van der Waals surface area (Å²) in [6, 6.07) is 5.47. The first-order valence-corrected chi connectivity index (χ1v) is 6.54. The Hall–Kier alpha value is -1.20. The minimum absolute atomic E-state index is 0.263. The van der Waals surface area contributed by atoms with Gasteiger partial charge in [-0.2, -0.15) is 0 Å². The van der Waals surface area contributed by atoms with E-state index < -0.39 is 0 Å². The number of nitrogen functional groups attached to an aromatic ring is 1. The average molecular weight is 252 g/mol. The van der Waals surface area contributed by atoms with E-state index in [1.807, 2.05) is 26.0 Å². The van der Waals surface area contributed by atoms with E-state index in [1.165, 1.54) is 0 Å². The van der Waals surface area contributed by atoms with Gasteiger partial charge in [0.15, 0.2) is 5.58 Å². The Morgan fingerprint density at radius 2 is 2.29 bits per heavy atom. The predicted molar refractivity (Wildman–Crippen MR) is 70.2 cm³/mol. The van der Waals surface area contributed by atoms with Crippen LogP contribution in [0.5, 0.6) is 0 Å². The van der Waals surface area contributed by atoms with Gasteiger partial charge in [-0.15, -0.1) is 0 Å². The molecule has 0 amide bonds. The summed E-state index contributed by atoms with van der Waals surface area (Å²) in [5.74, 6) is 0.834. The Morgan fingerprint density at radius 1 is 1.47 bits per heavy atom. The van der Waals surface area contributed by atoms with Crippen molar-refractivity contribution in [2.75, 3.05) is 18.1 Å². The zero-order valence-electron chi connectivity index (χ0n) is 9.97. The van der Waals surface area contributed by atoms with Gasteiger partial charge in [-0.1, -0.05) is 11.8 Å². The van der Waals surface area contributed by atoms with Crippen molar-refractivity contribution in [2.24, 2.45) is 0 Å². The van der Waals surface area contributed by atoms with E-state index >= 15 is 0 Å². The standard InChI is InChI=1S/C12H16N2O2S/c1-8(2)15-5-6-17-12-14-10-4-3-9(13)7-11(10)16-12/h3-4,7-8H,5-6,13H2,1-2H3. The Kier molecular flexibility index (Phi) is 3.91. The first-order valence-electron chi connectivity index (χ1n) is 5.55. The van der Waals surface area contributed by atoms with Crippen molar-refractivity contribution in [3.8, 4) is 0 Å². The van der Waals surface area contributed by atoms with E-state index in [0.29, 0.717) is 17.5 Å². The number of thioether (sulfide) groups is 1. The molecule has 5 heteroatoms. The molecule has 0 radical (unpaired) electrons. The van der Waals surface area contributed by atoms with Crippen LogP contribution in [0.1, 0.15) is 13.8 Å². The third kappa shape index (κ3) is 3.38. The molecule has 0 unspecified atom stereocenters. The fourth-order valence-electron chi connectivity index (χ4n) is 1.39. The lowest BCUT2D eigenvalue weighted by Crippen LogP contribution is -2.05. The van der Waals surface area contributed by atoms with E-state index in [1.54, 1.807) is 17.8 Å². The van der Waals surface area contributed by atoms with Gasteiger partial charge in [0.05, 0.1) is 12.7 Å². The molecule has 2 rings (SSSR count). The molecule has 1 aromatic heterocycles. The zero-order chi connectivity index (χ0) is 12.3. The van der Waals surface area contributed by atoms with Crippen LogP contribution >= 0.6 is 11.8 Å². The maximum absolute atomic E-state index is 5.67. The molecule has 2 N–H and O–H groups in total. The summed E-state index contributed by atoms with van der Waals surface area (Å²) in [7, 11) is 0. The molecule has 0 aliphatic rings. The highest BCUT2D eigenvalue weighted by molar-refractivity contribution is 7.99. The normalized spacial score (nSPS) is 11.5. The maximum Gasteiger partial charge on any atom is 0.256 e. The molecule has 0 atom stereocenters. The van der Waals surface area contributed by atoms with E-state index in [2.05, 4.69) is 4.98 Å². The zero-order valence-corrected chi connectivity index (χ0v) is 10.8. The number of nitrogens with two attached hydrogens (primary N) is 1. The van der Waals surface area contributed by atoms with Crippen LogP contribution in [-0.4, -0.2) is 23.4 Å². The number of nitrogens with zero attached hydrogens (tertiary/aromatic N) is 1. The minimum atomic E-state index is 0.263. The Balaban J connectivity index is 1.95. The van der Waals surface area contributed by atoms with Crippen molar-refractivity contribution < 1.29 is 9.15 Å². The van der Waals surface area contributed by atoms with E-state index in [4.69, 9.17) is 14.9 Å². The smallest absolute Gasteiger partial charge is 0.256 e. The molecule has 17 heavy (non-hydrogen) atoms. The van der Waals surface area contributed by atoms with Crippen LogP contribution in [0, 0.1) is 0 Å². The van der Waals surface area contributed by atoms with E-state index in [9.17, 15) is 0 Å². The second kappa shape index (κ2) is 5.42. The summed E-state index contributed by atoms with van der Waals surface area (Å²) in [5, 5.41) is 0.665. The van der Waals surface area contributed by atoms with Crippen molar-refractivity contribution in [3.63, 3.8) is 0 Å². The molecule has 0 fully saturated rings. The van der Waals surface area contributed by atoms with Crippen molar-refractivity contribution in [1.29, 1.82) is 0 Å². The molecular formula is C12H16N2O2S. The summed E-state index contributed by atoms with van der Waals surface area (Å²) < 4.78 is 11.0. The van der Waals surface area contributed by atoms with Gasteiger partial charge in [-0.25, -0.2) is 4.98 Å². The van der Waals surface area contributed by atoms with Crippen molar-refractivity contribution in [1.82, 2.24) is 4.98 Å². The number of aromatic nitrogens is 1. The quantitative estimate of drug-likeness (QED) is 0.503. The van der Waals surface area contributed by atoms with Crippen LogP contribution in [-0.2, 0) is 4.74 Å². The number of rotatable bonds is 5. The third-order valence-corrected chi connectivity index (χ3v) is 2.95. The van der Waals surface area contributed by atoms with Crippen molar-refractivity contribution >= 4 is 28.5 Å². The van der Waals surface area contributed by atoms with Gasteiger partial charge in [0.1, 0.15) is 5.52 Å². The van der Waals surface area contributed by atoms with Gasteiger partial charge in [0.2, 0.25) is 0 Å². The highest BCUT2D eigenvalue weighted by Crippen LogP contribution is 2.24. The molecule has 1 aromatic carbocycles. The van der Waals surface area contributed by atoms with Crippen LogP contribution in [0.15, 0.2) is 27.8 Å². The number of benzene rings is 1. The largest absolute Gasteiger partial charge is 0.431 e. The highest BCUT2D eigenvalue weighted by atomic mass is 32.2. The van der Waals surface area contributed by atoms with Crippen LogP contribution in [0.3, 0.4) is 0 Å². The molecule has 0 saturated carbocycles. The SMILES string of the molecule is CC(C)OCCSc1nc2ccc(N)cc2o1. The fraction of sp³-hybridized carbons (Fsp3) is 0.417. The number of hydrogen-bond donors (Lipinski definition) is 1. The summed E-state index contributed by atoms with van der Waals surface area (Å²) in [5.41, 5.74) is 7.93. The lowest BCUT2D eigenvalue weighted by atomic mass is 10.3. The van der Waals surface area contributed by atoms with Gasteiger partial charge < -0.3 is 14.9 Å². The van der Waals surface area contributed by atoms with Crippen LogP contribution in [0.2, 0.25) is 0 Å². The van der Waals surface area contributed by atoms with Gasteiger partial charge >= 0.3 is 0 Å². The molecule has 2 aromatic rings. The summed E-state index contributed by atoms with van der Waals surface area (Å²) >= 11 is 1.55. The Bertz CT molecular complexity index is 496. The predicted octanol–water partition coefficient (Wildman–Crippen LogP) is 2.93. The fourth-order valence-corrected chi connectivity index (χ4v) is 2.06. The Labute approximate surface area is 105 Å². The van der Waals surface area contributed by atoms with Crippen LogP contribution < -0.4 is 5.73 Å². The van der Waals surface area contributed by atoms with E-state index in [-0.39, 0.29) is 6.10 Å². The molecule has 1 heterocycles. The van der Waals surface area contributed by atoms with Gasteiger partial charge in [-0.05, 0) is 26.0 Å². The van der Waals surface area contributed by atoms with Gasteiger partial charge in [0.25, 0.3) is 5.22 Å². The molecular weight excluding hydrogens is 236 g/mol. The number of ether oxygens (including phenoxy) is 1. The number of fused-ring (bicyclic) bond motifs is 1. The van der Waals surface area contributed by atoms with E-state index in [0.717, 1.165) is 16.9 Å². The average Bonchev–Trinajstić information content (AvgIpc) is 2.66.